The highest BCUT2D eigenvalue weighted by molar-refractivity contribution is 5.72. The number of hydrogen-bond acceptors (Lipinski definition) is 5. The van der Waals surface area contributed by atoms with Gasteiger partial charge in [0.2, 0.25) is 0 Å². The Morgan fingerprint density at radius 3 is 2.00 bits per heavy atom. The van der Waals surface area contributed by atoms with Crippen LogP contribution in [0.25, 0.3) is 16.8 Å². The molecule has 21 heavy (non-hydrogen) atoms. The summed E-state index contributed by atoms with van der Waals surface area (Å²) in [5.41, 5.74) is 12.3. The Kier molecular flexibility index (Phi) is 4.57. The van der Waals surface area contributed by atoms with Gasteiger partial charge in [0, 0.05) is 5.56 Å². The normalized spacial score (nSPS) is 11.5. The fourth-order valence-corrected chi connectivity index (χ4v) is 1.96. The van der Waals surface area contributed by atoms with Crippen LogP contribution in [0.3, 0.4) is 0 Å². The molecule has 2 aromatic rings. The molecule has 5 heteroatoms. The SMILES string of the molecule is N#C/C(NN)=C(/N)c1ccc(-c2ccc(CO)cc2)cc1. The first-order chi connectivity index (χ1) is 10.2. The van der Waals surface area contributed by atoms with E-state index in [0.29, 0.717) is 5.70 Å². The Balaban J connectivity index is 2.30. The third-order valence-corrected chi connectivity index (χ3v) is 3.19. The van der Waals surface area contributed by atoms with Crippen LogP contribution in [0.4, 0.5) is 0 Å². The summed E-state index contributed by atoms with van der Waals surface area (Å²) in [6.45, 7) is 0.0313. The number of aliphatic hydroxyl groups excluding tert-OH is 1. The van der Waals surface area contributed by atoms with E-state index in [-0.39, 0.29) is 12.3 Å². The van der Waals surface area contributed by atoms with Gasteiger partial charge in [-0.05, 0) is 16.7 Å². The number of nitriles is 1. The van der Waals surface area contributed by atoms with Gasteiger partial charge >= 0.3 is 0 Å². The Labute approximate surface area is 123 Å². The van der Waals surface area contributed by atoms with E-state index in [9.17, 15) is 0 Å². The Hall–Kier alpha value is -2.81. The van der Waals surface area contributed by atoms with Crippen molar-refractivity contribution in [2.24, 2.45) is 11.6 Å². The minimum Gasteiger partial charge on any atom is -0.396 e. The first-order valence-corrected chi connectivity index (χ1v) is 6.36. The summed E-state index contributed by atoms with van der Waals surface area (Å²) in [5, 5.41) is 17.9. The standard InChI is InChI=1S/C16H16N4O/c17-9-15(20-19)16(18)14-7-5-13(6-8-14)12-3-1-11(10-21)2-4-12/h1-8,20-21H,10,18-19H2/b16-15-. The fraction of sp³-hybridized carbons (Fsp3) is 0.0625. The molecule has 0 saturated carbocycles. The quantitative estimate of drug-likeness (QED) is 0.385. The van der Waals surface area contributed by atoms with Crippen LogP contribution in [0.5, 0.6) is 0 Å². The van der Waals surface area contributed by atoms with Gasteiger partial charge in [-0.15, -0.1) is 0 Å². The molecular formula is C16H16N4O. The van der Waals surface area contributed by atoms with E-state index < -0.39 is 0 Å². The number of rotatable bonds is 4. The molecule has 2 aromatic carbocycles. The zero-order chi connectivity index (χ0) is 15.2. The van der Waals surface area contributed by atoms with E-state index in [4.69, 9.17) is 21.9 Å². The molecular weight excluding hydrogens is 264 g/mol. The van der Waals surface area contributed by atoms with Crippen LogP contribution >= 0.6 is 0 Å². The summed E-state index contributed by atoms with van der Waals surface area (Å²) < 4.78 is 0. The van der Waals surface area contributed by atoms with Crippen molar-refractivity contribution in [1.29, 1.82) is 5.26 Å². The second kappa shape index (κ2) is 6.57. The molecule has 0 bridgehead atoms. The molecule has 0 unspecified atom stereocenters. The van der Waals surface area contributed by atoms with Crippen molar-refractivity contribution < 1.29 is 5.11 Å². The minimum absolute atomic E-state index is 0.0313. The first-order valence-electron chi connectivity index (χ1n) is 6.36. The zero-order valence-electron chi connectivity index (χ0n) is 11.4. The number of nitrogens with one attached hydrogen (secondary N) is 1. The summed E-state index contributed by atoms with van der Waals surface area (Å²) in [4.78, 5) is 0. The summed E-state index contributed by atoms with van der Waals surface area (Å²) in [5.74, 6) is 5.24. The van der Waals surface area contributed by atoms with Gasteiger partial charge < -0.3 is 16.3 Å². The number of aliphatic hydroxyl groups is 1. The van der Waals surface area contributed by atoms with Crippen LogP contribution in [0.1, 0.15) is 11.1 Å². The lowest BCUT2D eigenvalue weighted by Crippen LogP contribution is -2.23. The first kappa shape index (κ1) is 14.6. The van der Waals surface area contributed by atoms with Crippen LogP contribution in [0.15, 0.2) is 54.2 Å². The average Bonchev–Trinajstić information content (AvgIpc) is 2.56. The lowest BCUT2D eigenvalue weighted by atomic mass is 10.0. The third kappa shape index (κ3) is 3.20. The van der Waals surface area contributed by atoms with E-state index >= 15 is 0 Å². The number of hydrazine groups is 1. The summed E-state index contributed by atoms with van der Waals surface area (Å²) in [6, 6.07) is 17.1. The summed E-state index contributed by atoms with van der Waals surface area (Å²) in [6.07, 6.45) is 0. The van der Waals surface area contributed by atoms with E-state index in [2.05, 4.69) is 5.43 Å². The smallest absolute Gasteiger partial charge is 0.151 e. The molecule has 5 nitrogen and oxygen atoms in total. The van der Waals surface area contributed by atoms with Crippen molar-refractivity contribution in [3.05, 3.63) is 65.4 Å². The highest BCUT2D eigenvalue weighted by atomic mass is 16.3. The van der Waals surface area contributed by atoms with Crippen molar-refractivity contribution in [3.63, 3.8) is 0 Å². The van der Waals surface area contributed by atoms with Gasteiger partial charge in [0.25, 0.3) is 0 Å². The van der Waals surface area contributed by atoms with Crippen molar-refractivity contribution in [1.82, 2.24) is 5.43 Å². The molecule has 0 amide bonds. The molecule has 2 rings (SSSR count). The second-order valence-electron chi connectivity index (χ2n) is 4.48. The highest BCUT2D eigenvalue weighted by Gasteiger charge is 2.05. The number of benzene rings is 2. The molecule has 0 saturated heterocycles. The Morgan fingerprint density at radius 1 is 1.05 bits per heavy atom. The van der Waals surface area contributed by atoms with Crippen LogP contribution < -0.4 is 17.0 Å². The molecule has 0 spiro atoms. The summed E-state index contributed by atoms with van der Waals surface area (Å²) in [7, 11) is 0. The predicted molar refractivity (Wildman–Crippen MR) is 81.8 cm³/mol. The number of nitrogens with two attached hydrogens (primary N) is 2. The molecule has 0 radical (unpaired) electrons. The fourth-order valence-electron chi connectivity index (χ4n) is 1.96. The molecule has 6 N–H and O–H groups in total. The van der Waals surface area contributed by atoms with E-state index in [0.717, 1.165) is 22.3 Å². The number of nitrogens with zero attached hydrogens (tertiary/aromatic N) is 1. The molecule has 0 heterocycles. The van der Waals surface area contributed by atoms with Crippen molar-refractivity contribution in [2.75, 3.05) is 0 Å². The van der Waals surface area contributed by atoms with Crippen LogP contribution in [-0.2, 0) is 6.61 Å². The van der Waals surface area contributed by atoms with Crippen LogP contribution in [0.2, 0.25) is 0 Å². The van der Waals surface area contributed by atoms with Crippen molar-refractivity contribution in [2.45, 2.75) is 6.61 Å². The Bertz CT molecular complexity index is 682. The van der Waals surface area contributed by atoms with Gasteiger partial charge in [0.15, 0.2) is 5.70 Å². The number of hydrogen-bond donors (Lipinski definition) is 4. The van der Waals surface area contributed by atoms with Crippen molar-refractivity contribution in [3.8, 4) is 17.2 Å². The Morgan fingerprint density at radius 2 is 1.57 bits per heavy atom. The second-order valence-corrected chi connectivity index (χ2v) is 4.48. The van der Waals surface area contributed by atoms with Crippen LogP contribution in [-0.4, -0.2) is 5.11 Å². The molecule has 0 atom stereocenters. The molecule has 106 valence electrons. The molecule has 0 aliphatic heterocycles. The van der Waals surface area contributed by atoms with E-state index in [1.165, 1.54) is 0 Å². The van der Waals surface area contributed by atoms with Gasteiger partial charge in [-0.2, -0.15) is 5.26 Å². The zero-order valence-corrected chi connectivity index (χ0v) is 11.4. The number of allylic oxidation sites excluding steroid dienone is 1. The van der Waals surface area contributed by atoms with Crippen molar-refractivity contribution >= 4 is 5.70 Å². The molecule has 0 fully saturated rings. The van der Waals surface area contributed by atoms with Gasteiger partial charge in [-0.3, -0.25) is 0 Å². The molecule has 0 aliphatic carbocycles. The highest BCUT2D eigenvalue weighted by Crippen LogP contribution is 2.22. The lowest BCUT2D eigenvalue weighted by molar-refractivity contribution is 0.282. The molecule has 0 aromatic heterocycles. The average molecular weight is 280 g/mol. The lowest BCUT2D eigenvalue weighted by Gasteiger charge is -2.07. The van der Waals surface area contributed by atoms with Crippen LogP contribution in [0, 0.1) is 11.3 Å². The van der Waals surface area contributed by atoms with Gasteiger partial charge in [-0.1, -0.05) is 48.5 Å². The van der Waals surface area contributed by atoms with Gasteiger partial charge in [0.1, 0.15) is 6.07 Å². The summed E-state index contributed by atoms with van der Waals surface area (Å²) >= 11 is 0. The minimum atomic E-state index is 0.0313. The van der Waals surface area contributed by atoms with E-state index in [1.54, 1.807) is 0 Å². The van der Waals surface area contributed by atoms with Gasteiger partial charge in [0.05, 0.1) is 12.3 Å². The monoisotopic (exact) mass is 280 g/mol. The predicted octanol–water partition coefficient (Wildman–Crippen LogP) is 1.46. The maximum absolute atomic E-state index is 9.03. The topological polar surface area (TPSA) is 108 Å². The maximum atomic E-state index is 9.03. The van der Waals surface area contributed by atoms with Gasteiger partial charge in [-0.25, -0.2) is 5.84 Å². The molecule has 0 aliphatic rings. The third-order valence-electron chi connectivity index (χ3n) is 3.19. The largest absolute Gasteiger partial charge is 0.396 e. The maximum Gasteiger partial charge on any atom is 0.151 e. The van der Waals surface area contributed by atoms with E-state index in [1.807, 2.05) is 54.6 Å².